The van der Waals surface area contributed by atoms with Gasteiger partial charge in [-0.2, -0.15) is 0 Å². The number of carboxylic acid groups (broad SMARTS) is 4. The Labute approximate surface area is 404 Å². The highest BCUT2D eigenvalue weighted by molar-refractivity contribution is 5.87. The van der Waals surface area contributed by atoms with E-state index in [1.165, 1.54) is 32.1 Å². The number of primary amides is 1. The number of hydrogen-bond acceptors (Lipinski definition) is 14. The van der Waals surface area contributed by atoms with Crippen LogP contribution in [0, 0.1) is 0 Å². The van der Waals surface area contributed by atoms with Gasteiger partial charge in [0.05, 0.1) is 25.9 Å². The molecule has 0 rings (SSSR count). The van der Waals surface area contributed by atoms with Crippen LogP contribution in [0.1, 0.15) is 161 Å². The quantitative estimate of drug-likeness (QED) is 0.0231. The second kappa shape index (κ2) is 41.5. The fraction of sp³-hybridized carbons (Fsp3) is 0.778. The number of unbranched alkanes of at least 4 members (excludes halogenated alkanes) is 14. The van der Waals surface area contributed by atoms with Crippen LogP contribution in [0.4, 0.5) is 0 Å². The van der Waals surface area contributed by atoms with Crippen molar-refractivity contribution in [3.05, 3.63) is 0 Å². The molecule has 2 unspecified atom stereocenters. The second-order valence-electron chi connectivity index (χ2n) is 16.8. The monoisotopic (exact) mass is 989 g/mol. The van der Waals surface area contributed by atoms with Gasteiger partial charge in [0.1, 0.15) is 24.7 Å². The van der Waals surface area contributed by atoms with Gasteiger partial charge in [-0.15, -0.1) is 0 Å². The van der Waals surface area contributed by atoms with Crippen molar-refractivity contribution < 1.29 is 77.8 Å². The second-order valence-corrected chi connectivity index (χ2v) is 16.8. The summed E-state index contributed by atoms with van der Waals surface area (Å²) < 4.78 is 10.5. The number of rotatable bonds is 47. The van der Waals surface area contributed by atoms with Crippen molar-refractivity contribution in [1.82, 2.24) is 32.0 Å². The Bertz CT molecular complexity index is 1550. The fourth-order valence-corrected chi connectivity index (χ4v) is 6.88. The topological polar surface area (TPSA) is 394 Å². The van der Waals surface area contributed by atoms with Crippen LogP contribution in [0.5, 0.6) is 0 Å². The van der Waals surface area contributed by atoms with Crippen LogP contribution >= 0.6 is 0 Å². The molecule has 0 saturated heterocycles. The third kappa shape index (κ3) is 38.1. The number of ether oxygens (including phenoxy) is 2. The molecule has 0 aliphatic carbocycles. The Balaban J connectivity index is 4.13. The van der Waals surface area contributed by atoms with Gasteiger partial charge in [0, 0.05) is 45.2 Å². The van der Waals surface area contributed by atoms with E-state index in [4.69, 9.17) is 26.2 Å². The predicted octanol–water partition coefficient (Wildman–Crippen LogP) is 1.11. The zero-order valence-electron chi connectivity index (χ0n) is 40.1. The number of aliphatic carboxylic acids is 4. The summed E-state index contributed by atoms with van der Waals surface area (Å²) in [6.07, 6.45) is 15.0. The van der Waals surface area contributed by atoms with Crippen LogP contribution in [0.25, 0.3) is 0 Å². The van der Waals surface area contributed by atoms with Crippen molar-refractivity contribution in [3.8, 4) is 0 Å². The summed E-state index contributed by atoms with van der Waals surface area (Å²) in [6.45, 7) is -0.184. The Morgan fingerprint density at radius 2 is 0.783 bits per heavy atom. The standard InChI is InChI=1S/C45H80N8O16/c46-42(61)32(53-47)17-15-16-26-48-36(54)23-20-34(44(64)65)51-39(57)25-22-35(45(66)67)52-40(58)31-69-30-29-68-28-27-49-37(55)24-21-33(43(62)63)50-38(56)18-13-11-9-7-5-3-1-2-4-6-8-10-12-14-19-41(59)60/h32-35,53H,1-31,47H2,(H2,46,61)(H,48,54)(H,49,55)(H,50,56)(H,51,57)(H,52,58)(H,59,60)(H,62,63)(H,64,65)(H,66,67)/t32?,33-,34?,35-/m0/s1. The van der Waals surface area contributed by atoms with Crippen molar-refractivity contribution in [1.29, 1.82) is 0 Å². The molecule has 0 aliphatic rings. The Kier molecular flexibility index (Phi) is 38.2. The third-order valence-electron chi connectivity index (χ3n) is 10.9. The normalized spacial score (nSPS) is 12.7. The van der Waals surface area contributed by atoms with E-state index < -0.39 is 90.6 Å². The van der Waals surface area contributed by atoms with Crippen LogP contribution in [-0.4, -0.2) is 143 Å². The van der Waals surface area contributed by atoms with Gasteiger partial charge in [0.25, 0.3) is 0 Å². The highest BCUT2D eigenvalue weighted by Crippen LogP contribution is 2.14. The molecule has 24 heteroatoms. The lowest BCUT2D eigenvalue weighted by molar-refractivity contribution is -0.144. The maximum Gasteiger partial charge on any atom is 0.326 e. The van der Waals surface area contributed by atoms with E-state index in [0.717, 1.165) is 51.4 Å². The van der Waals surface area contributed by atoms with E-state index in [2.05, 4.69) is 32.0 Å². The molecule has 24 nitrogen and oxygen atoms in total. The molecule has 0 saturated carbocycles. The molecule has 4 atom stereocenters. The predicted molar refractivity (Wildman–Crippen MR) is 250 cm³/mol. The van der Waals surface area contributed by atoms with Crippen molar-refractivity contribution in [2.75, 3.05) is 39.5 Å². The van der Waals surface area contributed by atoms with Gasteiger partial charge in [-0.3, -0.25) is 39.4 Å². The molecule has 0 aromatic carbocycles. The first-order chi connectivity index (χ1) is 33.0. The molecule has 0 radical (unpaired) electrons. The molecular formula is C45H80N8O16. The Morgan fingerprint density at radius 3 is 1.22 bits per heavy atom. The number of hydrogen-bond donors (Lipinski definition) is 12. The van der Waals surface area contributed by atoms with Crippen LogP contribution < -0.4 is 43.6 Å². The molecule has 0 aliphatic heterocycles. The lowest BCUT2D eigenvalue weighted by Gasteiger charge is -2.17. The Morgan fingerprint density at radius 1 is 0.391 bits per heavy atom. The van der Waals surface area contributed by atoms with E-state index in [0.29, 0.717) is 25.7 Å². The molecule has 0 aromatic rings. The molecule has 0 heterocycles. The van der Waals surface area contributed by atoms with E-state index >= 15 is 0 Å². The summed E-state index contributed by atoms with van der Waals surface area (Å²) in [5, 5.41) is 49.4. The van der Waals surface area contributed by atoms with E-state index in [1.54, 1.807) is 0 Å². The number of carbonyl (C=O) groups is 10. The van der Waals surface area contributed by atoms with E-state index in [-0.39, 0.29) is 83.8 Å². The minimum atomic E-state index is -1.49. The molecule has 14 N–H and O–H groups in total. The average Bonchev–Trinajstić information content (AvgIpc) is 3.29. The number of nitrogens with one attached hydrogen (secondary N) is 6. The van der Waals surface area contributed by atoms with Crippen LogP contribution in [0.15, 0.2) is 0 Å². The number of carbonyl (C=O) groups excluding carboxylic acids is 6. The maximum atomic E-state index is 12.4. The fourth-order valence-electron chi connectivity index (χ4n) is 6.88. The highest BCUT2D eigenvalue weighted by atomic mass is 16.5. The van der Waals surface area contributed by atoms with Crippen LogP contribution in [-0.2, 0) is 57.4 Å². The first-order valence-electron chi connectivity index (χ1n) is 24.2. The van der Waals surface area contributed by atoms with Crippen molar-refractivity contribution >= 4 is 59.3 Å². The number of amides is 6. The molecule has 0 fully saturated rings. The van der Waals surface area contributed by atoms with Crippen molar-refractivity contribution in [3.63, 3.8) is 0 Å². The average molecular weight is 989 g/mol. The zero-order valence-corrected chi connectivity index (χ0v) is 40.1. The van der Waals surface area contributed by atoms with Gasteiger partial charge in [-0.05, 0) is 51.4 Å². The molecule has 0 aromatic heterocycles. The van der Waals surface area contributed by atoms with Crippen LogP contribution in [0.3, 0.4) is 0 Å². The third-order valence-corrected chi connectivity index (χ3v) is 10.9. The Hall–Kier alpha value is -5.46. The molecule has 0 bridgehead atoms. The molecular weight excluding hydrogens is 909 g/mol. The number of nitrogens with two attached hydrogens (primary N) is 2. The highest BCUT2D eigenvalue weighted by Gasteiger charge is 2.25. The largest absolute Gasteiger partial charge is 0.481 e. The van der Waals surface area contributed by atoms with Gasteiger partial charge in [0.15, 0.2) is 0 Å². The summed E-state index contributed by atoms with van der Waals surface area (Å²) in [5.41, 5.74) is 7.47. The van der Waals surface area contributed by atoms with Gasteiger partial charge in [-0.1, -0.05) is 77.0 Å². The lowest BCUT2D eigenvalue weighted by atomic mass is 10.0. The minimum Gasteiger partial charge on any atom is -0.481 e. The number of hydrazine groups is 1. The molecule has 69 heavy (non-hydrogen) atoms. The molecule has 396 valence electrons. The van der Waals surface area contributed by atoms with Gasteiger partial charge >= 0.3 is 23.9 Å². The zero-order chi connectivity index (χ0) is 51.7. The van der Waals surface area contributed by atoms with Gasteiger partial charge < -0.3 is 62.2 Å². The summed E-state index contributed by atoms with van der Waals surface area (Å²) in [6, 6.07) is -4.84. The van der Waals surface area contributed by atoms with Crippen LogP contribution in [0.2, 0.25) is 0 Å². The molecule has 0 spiro atoms. The summed E-state index contributed by atoms with van der Waals surface area (Å²) in [5.74, 6) is -3.07. The van der Waals surface area contributed by atoms with E-state index in [1.807, 2.05) is 0 Å². The number of carboxylic acids is 4. The van der Waals surface area contributed by atoms with E-state index in [9.17, 15) is 63.3 Å². The van der Waals surface area contributed by atoms with Gasteiger partial charge in [0.2, 0.25) is 35.4 Å². The first kappa shape index (κ1) is 63.5. The van der Waals surface area contributed by atoms with Gasteiger partial charge in [-0.25, -0.2) is 19.8 Å². The van der Waals surface area contributed by atoms with Crippen molar-refractivity contribution in [2.24, 2.45) is 11.6 Å². The summed E-state index contributed by atoms with van der Waals surface area (Å²) in [4.78, 5) is 118. The lowest BCUT2D eigenvalue weighted by Crippen LogP contribution is -2.45. The first-order valence-corrected chi connectivity index (χ1v) is 24.2. The maximum absolute atomic E-state index is 12.4. The summed E-state index contributed by atoms with van der Waals surface area (Å²) >= 11 is 0. The SMILES string of the molecule is NNC(CCCCNC(=O)CCC(NC(=O)CC[C@H](NC(=O)COCCOCCNC(=O)CC[C@H](NC(=O)CCCCCCCCCCCCCCCCC(=O)O)C(=O)O)C(=O)O)C(=O)O)C(N)=O. The molecule has 6 amide bonds. The van der Waals surface area contributed by atoms with Crippen molar-refractivity contribution in [2.45, 2.75) is 185 Å². The minimum absolute atomic E-state index is 0.0128. The smallest absolute Gasteiger partial charge is 0.326 e. The summed E-state index contributed by atoms with van der Waals surface area (Å²) in [7, 11) is 0.